The topological polar surface area (TPSA) is 79.7 Å². The van der Waals surface area contributed by atoms with E-state index in [1.165, 1.54) is 0 Å². The van der Waals surface area contributed by atoms with Crippen molar-refractivity contribution in [3.63, 3.8) is 0 Å². The van der Waals surface area contributed by atoms with Gasteiger partial charge in [0.1, 0.15) is 5.69 Å². The van der Waals surface area contributed by atoms with Crippen LogP contribution in [0, 0.1) is 5.92 Å². The summed E-state index contributed by atoms with van der Waals surface area (Å²) in [5.41, 5.74) is 4.85. The number of nitrogens with zero attached hydrogens (tertiary/aromatic N) is 5. The molecule has 7 nitrogen and oxygen atoms in total. The molecule has 1 aromatic carbocycles. The number of hydrogen-bond acceptors (Lipinski definition) is 4. The molecule has 1 unspecified atom stereocenters. The number of H-pyrrole nitrogens is 1. The zero-order chi connectivity index (χ0) is 20.3. The lowest BCUT2D eigenvalue weighted by atomic mass is 10.0. The number of pyridine rings is 1. The van der Waals surface area contributed by atoms with Gasteiger partial charge in [0, 0.05) is 37.6 Å². The fourth-order valence-electron chi connectivity index (χ4n) is 4.28. The molecule has 3 aromatic heterocycles. The number of carbonyl (C=O) groups is 1. The zero-order valence-electron chi connectivity index (χ0n) is 16.7. The maximum Gasteiger partial charge on any atom is 0.272 e. The summed E-state index contributed by atoms with van der Waals surface area (Å²) in [5, 5.41) is 6.88. The van der Waals surface area contributed by atoms with Crippen molar-refractivity contribution in [1.29, 1.82) is 0 Å². The molecule has 0 radical (unpaired) electrons. The first-order valence-electron chi connectivity index (χ1n) is 10.4. The standard InChI is InChI=1S/C23H24N6O/c30-23(20-5-1-2-9-24-20)28-10-3-4-17(8-11-28)15-29-16-25-21-12-18(6-7-22(21)29)19-13-26-27-14-19/h1-2,5-7,9,12-14,16-17H,3-4,8,10-11,15H2,(H,26,27). The summed E-state index contributed by atoms with van der Waals surface area (Å²) in [6.45, 7) is 2.50. The quantitative estimate of drug-likeness (QED) is 0.566. The molecule has 4 aromatic rings. The van der Waals surface area contributed by atoms with Crippen LogP contribution in [0.25, 0.3) is 22.2 Å². The molecule has 152 valence electrons. The molecule has 0 saturated carbocycles. The normalized spacial score (nSPS) is 17.2. The van der Waals surface area contributed by atoms with Gasteiger partial charge in [-0.25, -0.2) is 4.98 Å². The Labute approximate surface area is 174 Å². The van der Waals surface area contributed by atoms with Gasteiger partial charge in [0.2, 0.25) is 0 Å². The van der Waals surface area contributed by atoms with Gasteiger partial charge < -0.3 is 9.47 Å². The van der Waals surface area contributed by atoms with Gasteiger partial charge in [0.25, 0.3) is 5.91 Å². The first-order valence-corrected chi connectivity index (χ1v) is 10.4. The molecule has 1 aliphatic rings. The lowest BCUT2D eigenvalue weighted by molar-refractivity contribution is 0.0754. The number of aromatic nitrogens is 5. The molecule has 1 aliphatic heterocycles. The molecule has 7 heteroatoms. The van der Waals surface area contributed by atoms with E-state index in [2.05, 4.69) is 42.9 Å². The number of hydrogen-bond donors (Lipinski definition) is 1. The van der Waals surface area contributed by atoms with Gasteiger partial charge in [-0.15, -0.1) is 0 Å². The first-order chi connectivity index (χ1) is 14.8. The van der Waals surface area contributed by atoms with Crippen LogP contribution in [0.3, 0.4) is 0 Å². The third kappa shape index (κ3) is 3.70. The lowest BCUT2D eigenvalue weighted by Gasteiger charge is -2.20. The van der Waals surface area contributed by atoms with Crippen LogP contribution in [0.4, 0.5) is 0 Å². The molecule has 30 heavy (non-hydrogen) atoms. The van der Waals surface area contributed by atoms with E-state index in [9.17, 15) is 4.79 Å². The lowest BCUT2D eigenvalue weighted by Crippen LogP contribution is -2.32. The second-order valence-corrected chi connectivity index (χ2v) is 7.89. The fraction of sp³-hybridized carbons (Fsp3) is 0.304. The minimum atomic E-state index is 0.0381. The van der Waals surface area contributed by atoms with Crippen molar-refractivity contribution < 1.29 is 4.79 Å². The van der Waals surface area contributed by atoms with E-state index in [0.717, 1.165) is 61.1 Å². The highest BCUT2D eigenvalue weighted by atomic mass is 16.2. The van der Waals surface area contributed by atoms with Crippen LogP contribution in [0.2, 0.25) is 0 Å². The van der Waals surface area contributed by atoms with Crippen molar-refractivity contribution in [2.24, 2.45) is 5.92 Å². The van der Waals surface area contributed by atoms with Crippen molar-refractivity contribution in [1.82, 2.24) is 29.6 Å². The van der Waals surface area contributed by atoms with Gasteiger partial charge in [-0.3, -0.25) is 14.9 Å². The Bertz CT molecular complexity index is 1140. The Morgan fingerprint density at radius 2 is 2.07 bits per heavy atom. The van der Waals surface area contributed by atoms with Crippen LogP contribution in [0.5, 0.6) is 0 Å². The van der Waals surface area contributed by atoms with E-state index >= 15 is 0 Å². The van der Waals surface area contributed by atoms with Crippen molar-refractivity contribution in [3.05, 3.63) is 67.0 Å². The van der Waals surface area contributed by atoms with Crippen LogP contribution < -0.4 is 0 Å². The Hall–Kier alpha value is -3.48. The monoisotopic (exact) mass is 400 g/mol. The van der Waals surface area contributed by atoms with Gasteiger partial charge in [0.05, 0.1) is 23.6 Å². The minimum absolute atomic E-state index is 0.0381. The fourth-order valence-corrected chi connectivity index (χ4v) is 4.28. The highest BCUT2D eigenvalue weighted by Gasteiger charge is 2.23. The van der Waals surface area contributed by atoms with Crippen molar-refractivity contribution in [3.8, 4) is 11.1 Å². The van der Waals surface area contributed by atoms with E-state index in [1.807, 2.05) is 35.8 Å². The molecular formula is C23H24N6O. The van der Waals surface area contributed by atoms with Gasteiger partial charge in [0.15, 0.2) is 0 Å². The molecular weight excluding hydrogens is 376 g/mol. The molecule has 5 rings (SSSR count). The predicted octanol–water partition coefficient (Wildman–Crippen LogP) is 3.76. The number of amides is 1. The third-order valence-electron chi connectivity index (χ3n) is 5.93. The summed E-state index contributed by atoms with van der Waals surface area (Å²) in [6, 6.07) is 11.9. The van der Waals surface area contributed by atoms with E-state index in [4.69, 9.17) is 0 Å². The minimum Gasteiger partial charge on any atom is -0.337 e. The highest BCUT2D eigenvalue weighted by Crippen LogP contribution is 2.26. The number of rotatable bonds is 4. The van der Waals surface area contributed by atoms with Gasteiger partial charge in [-0.1, -0.05) is 12.1 Å². The number of nitrogens with one attached hydrogen (secondary N) is 1. The Balaban J connectivity index is 1.27. The highest BCUT2D eigenvalue weighted by molar-refractivity contribution is 5.92. The number of carbonyl (C=O) groups excluding carboxylic acids is 1. The number of imidazole rings is 1. The first kappa shape index (κ1) is 18.5. The summed E-state index contributed by atoms with van der Waals surface area (Å²) in [4.78, 5) is 23.5. The van der Waals surface area contributed by atoms with E-state index in [1.54, 1.807) is 12.3 Å². The number of aromatic amines is 1. The summed E-state index contributed by atoms with van der Waals surface area (Å²) < 4.78 is 2.25. The SMILES string of the molecule is O=C(c1ccccn1)N1CCCC(Cn2cnc3cc(-c4cn[nH]c4)ccc32)CC1. The van der Waals surface area contributed by atoms with Crippen molar-refractivity contribution >= 4 is 16.9 Å². The average Bonchev–Trinajstić information content (AvgIpc) is 3.40. The molecule has 0 aliphatic carbocycles. The predicted molar refractivity (Wildman–Crippen MR) is 115 cm³/mol. The molecule has 0 bridgehead atoms. The smallest absolute Gasteiger partial charge is 0.272 e. The average molecular weight is 400 g/mol. The van der Waals surface area contributed by atoms with Gasteiger partial charge in [-0.2, -0.15) is 5.10 Å². The maximum atomic E-state index is 12.7. The van der Waals surface area contributed by atoms with E-state index < -0.39 is 0 Å². The maximum absolute atomic E-state index is 12.7. The molecule has 1 saturated heterocycles. The van der Waals surface area contributed by atoms with Crippen LogP contribution in [0.15, 0.2) is 61.3 Å². The molecule has 1 fully saturated rings. The van der Waals surface area contributed by atoms with Crippen molar-refractivity contribution in [2.45, 2.75) is 25.8 Å². The molecule has 1 N–H and O–H groups in total. The van der Waals surface area contributed by atoms with E-state index in [-0.39, 0.29) is 5.91 Å². The largest absolute Gasteiger partial charge is 0.337 e. The second kappa shape index (κ2) is 8.10. The molecule has 1 amide bonds. The third-order valence-corrected chi connectivity index (χ3v) is 5.93. The Morgan fingerprint density at radius 1 is 1.10 bits per heavy atom. The van der Waals surface area contributed by atoms with E-state index in [0.29, 0.717) is 11.6 Å². The summed E-state index contributed by atoms with van der Waals surface area (Å²) in [6.07, 6.45) is 10.4. The van der Waals surface area contributed by atoms with Crippen LogP contribution in [-0.4, -0.2) is 48.6 Å². The zero-order valence-corrected chi connectivity index (χ0v) is 16.7. The van der Waals surface area contributed by atoms with Crippen LogP contribution in [-0.2, 0) is 6.54 Å². The van der Waals surface area contributed by atoms with Gasteiger partial charge >= 0.3 is 0 Å². The Kier molecular flexibility index (Phi) is 5.01. The van der Waals surface area contributed by atoms with Crippen LogP contribution in [0.1, 0.15) is 29.8 Å². The number of benzene rings is 1. The summed E-state index contributed by atoms with van der Waals surface area (Å²) in [7, 11) is 0. The molecule has 4 heterocycles. The number of likely N-dealkylation sites (tertiary alicyclic amines) is 1. The second-order valence-electron chi connectivity index (χ2n) is 7.89. The number of fused-ring (bicyclic) bond motifs is 1. The summed E-state index contributed by atoms with van der Waals surface area (Å²) in [5.74, 6) is 0.564. The molecule has 1 atom stereocenters. The summed E-state index contributed by atoms with van der Waals surface area (Å²) >= 11 is 0. The Morgan fingerprint density at radius 3 is 2.90 bits per heavy atom. The van der Waals surface area contributed by atoms with Crippen LogP contribution >= 0.6 is 0 Å². The van der Waals surface area contributed by atoms with Gasteiger partial charge in [-0.05, 0) is 55.0 Å². The van der Waals surface area contributed by atoms with Crippen molar-refractivity contribution in [2.75, 3.05) is 13.1 Å². The molecule has 0 spiro atoms.